The van der Waals surface area contributed by atoms with E-state index in [0.29, 0.717) is 27.4 Å². The molecule has 0 spiro atoms. The number of ether oxygens (including phenoxy) is 1. The topological polar surface area (TPSA) is 51.1 Å². The van der Waals surface area contributed by atoms with Crippen LogP contribution in [-0.2, 0) is 6.54 Å². The molecule has 2 N–H and O–H groups in total. The molecular weight excluding hydrogens is 391 g/mol. The first-order valence-electron chi connectivity index (χ1n) is 7.71. The van der Waals surface area contributed by atoms with E-state index < -0.39 is 0 Å². The molecule has 2 aromatic carbocycles. The second kappa shape index (κ2) is 8.40. The number of thiocarbonyl (C=S) groups is 1. The van der Waals surface area contributed by atoms with Crippen LogP contribution in [0.3, 0.4) is 0 Å². The molecule has 0 aliphatic rings. The minimum absolute atomic E-state index is 0.421. The lowest BCUT2D eigenvalue weighted by Crippen LogP contribution is -2.18. The highest BCUT2D eigenvalue weighted by atomic mass is 35.5. The zero-order valence-electron chi connectivity index (χ0n) is 13.9. The van der Waals surface area contributed by atoms with Crippen molar-refractivity contribution in [3.8, 4) is 5.75 Å². The molecule has 1 heterocycles. The number of nitrogens with zero attached hydrogens (tertiary/aromatic N) is 2. The molecular formula is C18H16Cl2N4OS. The minimum atomic E-state index is 0.421. The molecule has 26 heavy (non-hydrogen) atoms. The Labute approximate surface area is 166 Å². The third kappa shape index (κ3) is 5.11. The first-order chi connectivity index (χ1) is 12.5. The van der Waals surface area contributed by atoms with Crippen LogP contribution in [0.1, 0.15) is 5.56 Å². The van der Waals surface area contributed by atoms with E-state index in [4.69, 9.17) is 40.2 Å². The number of nitrogens with one attached hydrogen (secondary N) is 2. The predicted molar refractivity (Wildman–Crippen MR) is 111 cm³/mol. The van der Waals surface area contributed by atoms with Gasteiger partial charge in [-0.25, -0.2) is 0 Å². The van der Waals surface area contributed by atoms with Crippen molar-refractivity contribution in [1.29, 1.82) is 0 Å². The van der Waals surface area contributed by atoms with Crippen molar-refractivity contribution in [2.45, 2.75) is 6.54 Å². The summed E-state index contributed by atoms with van der Waals surface area (Å²) < 4.78 is 7.05. The Hall–Kier alpha value is -2.28. The van der Waals surface area contributed by atoms with Crippen LogP contribution in [0.5, 0.6) is 5.75 Å². The summed E-state index contributed by atoms with van der Waals surface area (Å²) in [6, 6.07) is 13.0. The number of methoxy groups -OCH3 is 1. The molecule has 3 aromatic rings. The fourth-order valence-electron chi connectivity index (χ4n) is 2.39. The van der Waals surface area contributed by atoms with Crippen molar-refractivity contribution in [3.05, 3.63) is 70.5 Å². The van der Waals surface area contributed by atoms with Crippen LogP contribution >= 0.6 is 35.4 Å². The Balaban J connectivity index is 1.61. The molecule has 134 valence electrons. The molecule has 0 fully saturated rings. The van der Waals surface area contributed by atoms with Gasteiger partial charge >= 0.3 is 0 Å². The highest BCUT2D eigenvalue weighted by Gasteiger charge is 2.05. The fraction of sp³-hybridized carbons (Fsp3) is 0.111. The zero-order valence-corrected chi connectivity index (χ0v) is 16.2. The van der Waals surface area contributed by atoms with Crippen molar-refractivity contribution in [3.63, 3.8) is 0 Å². The molecule has 0 saturated carbocycles. The van der Waals surface area contributed by atoms with Gasteiger partial charge in [-0.1, -0.05) is 35.3 Å². The fourth-order valence-corrected chi connectivity index (χ4v) is 3.15. The average molecular weight is 407 g/mol. The quantitative estimate of drug-likeness (QED) is 0.580. The number of hydrogen-bond acceptors (Lipinski definition) is 3. The van der Waals surface area contributed by atoms with Crippen LogP contribution in [0.25, 0.3) is 0 Å². The predicted octanol–water partition coefficient (Wildman–Crippen LogP) is 5.06. The summed E-state index contributed by atoms with van der Waals surface area (Å²) in [5.74, 6) is 0.818. The van der Waals surface area contributed by atoms with Crippen molar-refractivity contribution < 1.29 is 4.74 Å². The van der Waals surface area contributed by atoms with Gasteiger partial charge in [-0.15, -0.1) is 0 Å². The summed E-state index contributed by atoms with van der Waals surface area (Å²) in [5, 5.41) is 12.0. The first-order valence-corrected chi connectivity index (χ1v) is 8.88. The maximum absolute atomic E-state index is 5.99. The monoisotopic (exact) mass is 406 g/mol. The van der Waals surface area contributed by atoms with Gasteiger partial charge in [0, 0.05) is 21.9 Å². The first kappa shape index (κ1) is 18.5. The summed E-state index contributed by atoms with van der Waals surface area (Å²) in [6.07, 6.45) is 3.58. The lowest BCUT2D eigenvalue weighted by atomic mass is 10.2. The molecule has 0 saturated heterocycles. The van der Waals surface area contributed by atoms with E-state index in [0.717, 1.165) is 17.0 Å². The Morgan fingerprint density at radius 1 is 1.12 bits per heavy atom. The van der Waals surface area contributed by atoms with Gasteiger partial charge in [0.1, 0.15) is 5.75 Å². The summed E-state index contributed by atoms with van der Waals surface area (Å²) in [7, 11) is 1.65. The molecule has 0 aliphatic carbocycles. The standard InChI is InChI=1S/C18H16Cl2N4OS/c1-25-17-4-2-3-12(5-17)10-24-11-16(9-21-24)23-18(26)22-15-7-13(19)6-14(20)8-15/h2-9,11H,10H2,1H3,(H2,22,23,26). The number of rotatable bonds is 5. The van der Waals surface area contributed by atoms with E-state index in [1.54, 1.807) is 31.5 Å². The molecule has 0 amide bonds. The van der Waals surface area contributed by atoms with Gasteiger partial charge in [0.2, 0.25) is 0 Å². The normalized spacial score (nSPS) is 10.4. The molecule has 3 rings (SSSR count). The Morgan fingerprint density at radius 2 is 1.85 bits per heavy atom. The van der Waals surface area contributed by atoms with Crippen molar-refractivity contribution in [1.82, 2.24) is 9.78 Å². The maximum Gasteiger partial charge on any atom is 0.175 e. The molecule has 0 unspecified atom stereocenters. The lowest BCUT2D eigenvalue weighted by Gasteiger charge is -2.09. The maximum atomic E-state index is 5.99. The van der Waals surface area contributed by atoms with Gasteiger partial charge in [0.05, 0.1) is 25.5 Å². The number of anilines is 2. The van der Waals surface area contributed by atoms with Crippen LogP contribution in [0, 0.1) is 0 Å². The van der Waals surface area contributed by atoms with E-state index in [1.165, 1.54) is 0 Å². The van der Waals surface area contributed by atoms with E-state index >= 15 is 0 Å². The summed E-state index contributed by atoms with van der Waals surface area (Å²) in [6.45, 7) is 0.628. The number of halogens is 2. The van der Waals surface area contributed by atoms with Gasteiger partial charge in [-0.3, -0.25) is 4.68 Å². The van der Waals surface area contributed by atoms with Crippen molar-refractivity contribution in [2.75, 3.05) is 17.7 Å². The van der Waals surface area contributed by atoms with E-state index in [9.17, 15) is 0 Å². The molecule has 0 bridgehead atoms. The molecule has 5 nitrogen and oxygen atoms in total. The summed E-state index contributed by atoms with van der Waals surface area (Å²) >= 11 is 17.3. The molecule has 1 aromatic heterocycles. The molecule has 0 atom stereocenters. The summed E-state index contributed by atoms with van der Waals surface area (Å²) in [5.41, 5.74) is 2.58. The van der Waals surface area contributed by atoms with E-state index in [-0.39, 0.29) is 0 Å². The van der Waals surface area contributed by atoms with Crippen LogP contribution in [-0.4, -0.2) is 22.0 Å². The SMILES string of the molecule is COc1cccc(Cn2cc(NC(=S)Nc3cc(Cl)cc(Cl)c3)cn2)c1. The molecule has 0 aliphatic heterocycles. The van der Waals surface area contributed by atoms with Crippen LogP contribution in [0.4, 0.5) is 11.4 Å². The molecule has 8 heteroatoms. The average Bonchev–Trinajstić information content (AvgIpc) is 3.00. The largest absolute Gasteiger partial charge is 0.497 e. The second-order valence-electron chi connectivity index (χ2n) is 5.52. The Kier molecular flexibility index (Phi) is 5.98. The van der Waals surface area contributed by atoms with E-state index in [1.807, 2.05) is 35.1 Å². The third-order valence-electron chi connectivity index (χ3n) is 3.49. The third-order valence-corrected chi connectivity index (χ3v) is 4.13. The number of hydrogen-bond donors (Lipinski definition) is 2. The highest BCUT2D eigenvalue weighted by Crippen LogP contribution is 2.22. The van der Waals surface area contributed by atoms with Gasteiger partial charge < -0.3 is 15.4 Å². The van der Waals surface area contributed by atoms with Gasteiger partial charge in [-0.2, -0.15) is 5.10 Å². The minimum Gasteiger partial charge on any atom is -0.497 e. The second-order valence-corrected chi connectivity index (χ2v) is 6.80. The van der Waals surface area contributed by atoms with Crippen LogP contribution < -0.4 is 15.4 Å². The van der Waals surface area contributed by atoms with Crippen LogP contribution in [0.15, 0.2) is 54.9 Å². The van der Waals surface area contributed by atoms with Crippen molar-refractivity contribution >= 4 is 51.9 Å². The van der Waals surface area contributed by atoms with Gasteiger partial charge in [0.25, 0.3) is 0 Å². The van der Waals surface area contributed by atoms with E-state index in [2.05, 4.69) is 15.7 Å². The van der Waals surface area contributed by atoms with Gasteiger partial charge in [-0.05, 0) is 48.1 Å². The number of benzene rings is 2. The van der Waals surface area contributed by atoms with Crippen molar-refractivity contribution in [2.24, 2.45) is 0 Å². The summed E-state index contributed by atoms with van der Waals surface area (Å²) in [4.78, 5) is 0. The Morgan fingerprint density at radius 3 is 2.58 bits per heavy atom. The number of aromatic nitrogens is 2. The smallest absolute Gasteiger partial charge is 0.175 e. The Bertz CT molecular complexity index is 909. The highest BCUT2D eigenvalue weighted by molar-refractivity contribution is 7.80. The van der Waals surface area contributed by atoms with Gasteiger partial charge in [0.15, 0.2) is 5.11 Å². The molecule has 0 radical (unpaired) electrons. The zero-order chi connectivity index (χ0) is 18.5. The van der Waals surface area contributed by atoms with Crippen LogP contribution in [0.2, 0.25) is 10.0 Å². The lowest BCUT2D eigenvalue weighted by molar-refractivity contribution is 0.414.